The van der Waals surface area contributed by atoms with Crippen LogP contribution in [0.15, 0.2) is 12.2 Å². The highest BCUT2D eigenvalue weighted by atomic mass is 16.6. The zero-order chi connectivity index (χ0) is 12.3. The van der Waals surface area contributed by atoms with Crippen LogP contribution >= 0.6 is 0 Å². The van der Waals surface area contributed by atoms with Gasteiger partial charge in [0.15, 0.2) is 0 Å². The third-order valence-corrected chi connectivity index (χ3v) is 2.15. The third-order valence-electron chi connectivity index (χ3n) is 2.15. The first kappa shape index (κ1) is 12.2. The number of esters is 3. The second-order valence-electron chi connectivity index (χ2n) is 3.37. The Morgan fingerprint density at radius 2 is 2.12 bits per heavy atom. The van der Waals surface area contributed by atoms with Crippen LogP contribution in [0.2, 0.25) is 0 Å². The molecule has 1 heterocycles. The lowest BCUT2D eigenvalue weighted by molar-refractivity contribution is -0.184. The molecule has 0 bridgehead atoms. The summed E-state index contributed by atoms with van der Waals surface area (Å²) in [5.41, 5.74) is -1.88. The number of ether oxygens (including phenoxy) is 3. The van der Waals surface area contributed by atoms with Crippen molar-refractivity contribution in [1.29, 1.82) is 0 Å². The molecule has 0 spiro atoms. The Morgan fingerprint density at radius 1 is 1.50 bits per heavy atom. The fraction of sp³-hybridized carbons (Fsp3) is 0.500. The number of cyclic esters (lactones) is 1. The van der Waals surface area contributed by atoms with E-state index >= 15 is 0 Å². The molecule has 6 heteroatoms. The summed E-state index contributed by atoms with van der Waals surface area (Å²) >= 11 is 0. The van der Waals surface area contributed by atoms with Gasteiger partial charge in [-0.05, 0) is 6.92 Å². The maximum absolute atomic E-state index is 11.5. The molecule has 1 rings (SSSR count). The fourth-order valence-electron chi connectivity index (χ4n) is 1.24. The van der Waals surface area contributed by atoms with Gasteiger partial charge in [-0.25, -0.2) is 14.4 Å². The number of hydrogen-bond acceptors (Lipinski definition) is 6. The molecule has 6 nitrogen and oxygen atoms in total. The highest BCUT2D eigenvalue weighted by Crippen LogP contribution is 2.27. The first-order valence-electron chi connectivity index (χ1n) is 4.58. The predicted octanol–water partition coefficient (Wildman–Crippen LogP) is -0.0356. The average Bonchev–Trinajstić information content (AvgIpc) is 2.60. The summed E-state index contributed by atoms with van der Waals surface area (Å²) in [4.78, 5) is 34.2. The molecule has 0 aliphatic carbocycles. The van der Waals surface area contributed by atoms with E-state index in [4.69, 9.17) is 4.74 Å². The molecular weight excluding hydrogens is 216 g/mol. The Balaban J connectivity index is 2.97. The molecule has 88 valence electrons. The Labute approximate surface area is 92.2 Å². The lowest BCUT2D eigenvalue weighted by Crippen LogP contribution is -2.48. The topological polar surface area (TPSA) is 78.9 Å². The molecule has 1 aliphatic heterocycles. The summed E-state index contributed by atoms with van der Waals surface area (Å²) in [7, 11) is 1.10. The Kier molecular flexibility index (Phi) is 3.31. The lowest BCUT2D eigenvalue weighted by atomic mass is 10.0. The highest BCUT2D eigenvalue weighted by molar-refractivity contribution is 6.07. The molecule has 1 atom stereocenters. The van der Waals surface area contributed by atoms with Crippen molar-refractivity contribution in [3.63, 3.8) is 0 Å². The minimum absolute atomic E-state index is 0.0113. The van der Waals surface area contributed by atoms with Crippen LogP contribution in [0.5, 0.6) is 0 Å². The number of carbonyl (C=O) groups is 3. The van der Waals surface area contributed by atoms with Gasteiger partial charge in [0.05, 0.1) is 13.7 Å². The minimum Gasteiger partial charge on any atom is -0.466 e. The van der Waals surface area contributed by atoms with E-state index in [9.17, 15) is 14.4 Å². The molecule has 16 heavy (non-hydrogen) atoms. The Hall–Kier alpha value is -1.85. The van der Waals surface area contributed by atoms with E-state index in [1.54, 1.807) is 0 Å². The van der Waals surface area contributed by atoms with Gasteiger partial charge in [-0.15, -0.1) is 0 Å². The highest BCUT2D eigenvalue weighted by Gasteiger charge is 2.56. The van der Waals surface area contributed by atoms with E-state index in [2.05, 4.69) is 16.1 Å². The quantitative estimate of drug-likeness (QED) is 0.292. The van der Waals surface area contributed by atoms with E-state index in [-0.39, 0.29) is 18.6 Å². The van der Waals surface area contributed by atoms with Crippen LogP contribution in [0.4, 0.5) is 0 Å². The lowest BCUT2D eigenvalue weighted by Gasteiger charge is -2.21. The van der Waals surface area contributed by atoms with Crippen molar-refractivity contribution < 1.29 is 28.6 Å². The molecule has 1 fully saturated rings. The fourth-order valence-corrected chi connectivity index (χ4v) is 1.24. The first-order chi connectivity index (χ1) is 7.44. The van der Waals surface area contributed by atoms with E-state index < -0.39 is 23.5 Å². The Bertz CT molecular complexity index is 358. The van der Waals surface area contributed by atoms with Gasteiger partial charge in [-0.1, -0.05) is 6.58 Å². The van der Waals surface area contributed by atoms with Crippen LogP contribution in [0, 0.1) is 0 Å². The minimum atomic E-state index is -1.97. The second kappa shape index (κ2) is 4.34. The largest absolute Gasteiger partial charge is 0.466 e. The standard InChI is InChI=1S/C10H12O6/c1-6(2)7(11)16-10(8(12)14-3)4-5-15-9(10)13/h1,4-5H2,2-3H3. The van der Waals surface area contributed by atoms with Crippen LogP contribution in [-0.4, -0.2) is 37.2 Å². The van der Waals surface area contributed by atoms with Crippen LogP contribution in [0.25, 0.3) is 0 Å². The molecule has 1 unspecified atom stereocenters. The van der Waals surface area contributed by atoms with Gasteiger partial charge in [0.1, 0.15) is 0 Å². The van der Waals surface area contributed by atoms with E-state index in [0.717, 1.165) is 7.11 Å². The van der Waals surface area contributed by atoms with Crippen molar-refractivity contribution in [2.45, 2.75) is 18.9 Å². The molecular formula is C10H12O6. The van der Waals surface area contributed by atoms with Gasteiger partial charge < -0.3 is 14.2 Å². The smallest absolute Gasteiger partial charge is 0.362 e. The van der Waals surface area contributed by atoms with Crippen LogP contribution in [0.3, 0.4) is 0 Å². The molecule has 0 aromatic heterocycles. The average molecular weight is 228 g/mol. The SMILES string of the molecule is C=C(C)C(=O)OC1(C(=O)OC)CCOC1=O. The van der Waals surface area contributed by atoms with Crippen LogP contribution in [-0.2, 0) is 28.6 Å². The van der Waals surface area contributed by atoms with Gasteiger partial charge in [0, 0.05) is 12.0 Å². The number of rotatable bonds is 3. The van der Waals surface area contributed by atoms with Gasteiger partial charge >= 0.3 is 23.5 Å². The molecule has 0 aromatic carbocycles. The van der Waals surface area contributed by atoms with Crippen molar-refractivity contribution >= 4 is 17.9 Å². The van der Waals surface area contributed by atoms with Gasteiger partial charge in [0.25, 0.3) is 0 Å². The summed E-state index contributed by atoms with van der Waals surface area (Å²) in [5, 5.41) is 0. The summed E-state index contributed by atoms with van der Waals surface area (Å²) in [5.74, 6) is -2.68. The van der Waals surface area contributed by atoms with E-state index in [1.165, 1.54) is 6.92 Å². The van der Waals surface area contributed by atoms with Gasteiger partial charge in [0.2, 0.25) is 0 Å². The molecule has 0 aromatic rings. The Morgan fingerprint density at radius 3 is 2.50 bits per heavy atom. The van der Waals surface area contributed by atoms with Gasteiger partial charge in [-0.3, -0.25) is 0 Å². The zero-order valence-electron chi connectivity index (χ0n) is 9.07. The van der Waals surface area contributed by atoms with E-state index in [1.807, 2.05) is 0 Å². The second-order valence-corrected chi connectivity index (χ2v) is 3.37. The van der Waals surface area contributed by atoms with Crippen molar-refractivity contribution in [2.75, 3.05) is 13.7 Å². The summed E-state index contributed by atoms with van der Waals surface area (Å²) in [6.45, 7) is 4.78. The molecule has 0 N–H and O–H groups in total. The zero-order valence-corrected chi connectivity index (χ0v) is 9.07. The molecule has 0 radical (unpaired) electrons. The molecule has 1 aliphatic rings. The molecule has 0 saturated carbocycles. The summed E-state index contributed by atoms with van der Waals surface area (Å²) < 4.78 is 13.9. The van der Waals surface area contributed by atoms with Crippen molar-refractivity contribution in [3.05, 3.63) is 12.2 Å². The summed E-state index contributed by atoms with van der Waals surface area (Å²) in [6.07, 6.45) is -0.0441. The number of hydrogen-bond donors (Lipinski definition) is 0. The van der Waals surface area contributed by atoms with E-state index in [0.29, 0.717) is 0 Å². The monoisotopic (exact) mass is 228 g/mol. The van der Waals surface area contributed by atoms with Crippen molar-refractivity contribution in [2.24, 2.45) is 0 Å². The number of methoxy groups -OCH3 is 1. The normalized spacial score (nSPS) is 23.5. The first-order valence-corrected chi connectivity index (χ1v) is 4.58. The van der Waals surface area contributed by atoms with Crippen LogP contribution in [0.1, 0.15) is 13.3 Å². The predicted molar refractivity (Wildman–Crippen MR) is 51.2 cm³/mol. The maximum atomic E-state index is 11.5. The van der Waals surface area contributed by atoms with Crippen molar-refractivity contribution in [1.82, 2.24) is 0 Å². The third kappa shape index (κ3) is 1.91. The summed E-state index contributed by atoms with van der Waals surface area (Å²) in [6, 6.07) is 0. The maximum Gasteiger partial charge on any atom is 0.362 e. The van der Waals surface area contributed by atoms with Crippen molar-refractivity contribution in [3.8, 4) is 0 Å². The molecule has 1 saturated heterocycles. The van der Waals surface area contributed by atoms with Gasteiger partial charge in [-0.2, -0.15) is 0 Å². The van der Waals surface area contributed by atoms with Crippen LogP contribution < -0.4 is 0 Å². The molecule has 0 amide bonds. The number of carbonyl (C=O) groups excluding carboxylic acids is 3.